The van der Waals surface area contributed by atoms with Gasteiger partial charge >= 0.3 is 0 Å². The topological polar surface area (TPSA) is 58.4 Å². The van der Waals surface area contributed by atoms with Gasteiger partial charge in [-0.3, -0.25) is 4.79 Å². The summed E-state index contributed by atoms with van der Waals surface area (Å²) >= 11 is 1.91. The number of likely N-dealkylation sites (tertiary alicyclic amines) is 1. The molecule has 1 amide bonds. The molecule has 0 aromatic carbocycles. The average Bonchev–Trinajstić information content (AvgIpc) is 3.51. The molecule has 132 valence electrons. The van der Waals surface area contributed by atoms with Crippen molar-refractivity contribution < 1.29 is 9.32 Å². The lowest BCUT2D eigenvalue weighted by Gasteiger charge is -2.18. The smallest absolute Gasteiger partial charge is 0.273 e. The van der Waals surface area contributed by atoms with E-state index in [1.807, 2.05) is 17.8 Å². The molecule has 6 heteroatoms. The third-order valence-corrected chi connectivity index (χ3v) is 6.25. The predicted molar refractivity (Wildman–Crippen MR) is 95.4 cm³/mol. The standard InChI is InChI=1S/C18H27N3O2S/c1-24-8-2-7-21-10-14(12-3-4-12)16(11-21)19-18(22)15-9-17(23-20-15)13-5-6-13/h9,12-14,16H,2-8,10-11H2,1H3,(H,19,22)/t14-,16+/m1/s1. The molecule has 0 radical (unpaired) electrons. The molecule has 24 heavy (non-hydrogen) atoms. The maximum Gasteiger partial charge on any atom is 0.273 e. The molecule has 2 aliphatic carbocycles. The SMILES string of the molecule is CSCCCN1C[C@H](NC(=O)c2cc(C3CC3)on2)[C@@H](C2CC2)C1. The third-order valence-electron chi connectivity index (χ3n) is 5.55. The molecule has 1 N–H and O–H groups in total. The molecule has 1 aromatic rings. The molecule has 1 aliphatic heterocycles. The van der Waals surface area contributed by atoms with Crippen LogP contribution in [0.1, 0.15) is 54.3 Å². The first-order valence-electron chi connectivity index (χ1n) is 9.23. The predicted octanol–water partition coefficient (Wildman–Crippen LogP) is 2.75. The van der Waals surface area contributed by atoms with Crippen LogP contribution in [0.15, 0.2) is 10.6 Å². The molecule has 0 bridgehead atoms. The summed E-state index contributed by atoms with van der Waals surface area (Å²) in [6, 6.07) is 2.10. The zero-order chi connectivity index (χ0) is 16.5. The van der Waals surface area contributed by atoms with Crippen molar-refractivity contribution in [2.75, 3.05) is 31.6 Å². The van der Waals surface area contributed by atoms with Crippen LogP contribution in [0, 0.1) is 11.8 Å². The number of carbonyl (C=O) groups is 1. The Morgan fingerprint density at radius 1 is 1.38 bits per heavy atom. The molecule has 5 nitrogen and oxygen atoms in total. The van der Waals surface area contributed by atoms with Gasteiger partial charge in [-0.05, 0) is 62.5 Å². The van der Waals surface area contributed by atoms with Crippen LogP contribution in [0.5, 0.6) is 0 Å². The van der Waals surface area contributed by atoms with Crippen LogP contribution in [-0.2, 0) is 0 Å². The van der Waals surface area contributed by atoms with E-state index < -0.39 is 0 Å². The fourth-order valence-corrected chi connectivity index (χ4v) is 4.30. The van der Waals surface area contributed by atoms with Crippen molar-refractivity contribution in [1.29, 1.82) is 0 Å². The Kier molecular flexibility index (Phi) is 4.86. The second kappa shape index (κ2) is 7.08. The van der Waals surface area contributed by atoms with Crippen LogP contribution in [0.2, 0.25) is 0 Å². The number of aromatic nitrogens is 1. The van der Waals surface area contributed by atoms with Gasteiger partial charge in [0.05, 0.1) is 0 Å². The van der Waals surface area contributed by atoms with Crippen LogP contribution in [0.25, 0.3) is 0 Å². The molecule has 2 saturated carbocycles. The highest BCUT2D eigenvalue weighted by molar-refractivity contribution is 7.98. The molecule has 1 saturated heterocycles. The van der Waals surface area contributed by atoms with E-state index in [-0.39, 0.29) is 11.9 Å². The van der Waals surface area contributed by atoms with Crippen LogP contribution in [0.4, 0.5) is 0 Å². The molecule has 4 rings (SSSR count). The van der Waals surface area contributed by atoms with Crippen molar-refractivity contribution >= 4 is 17.7 Å². The third kappa shape index (κ3) is 3.80. The fraction of sp³-hybridized carbons (Fsp3) is 0.778. The molecule has 0 unspecified atom stereocenters. The van der Waals surface area contributed by atoms with E-state index >= 15 is 0 Å². The monoisotopic (exact) mass is 349 g/mol. The Morgan fingerprint density at radius 3 is 2.92 bits per heavy atom. The Morgan fingerprint density at radius 2 is 2.21 bits per heavy atom. The highest BCUT2D eigenvalue weighted by atomic mass is 32.2. The van der Waals surface area contributed by atoms with E-state index in [9.17, 15) is 4.79 Å². The van der Waals surface area contributed by atoms with Crippen molar-refractivity contribution in [3.63, 3.8) is 0 Å². The van der Waals surface area contributed by atoms with Gasteiger partial charge in [0.1, 0.15) is 5.76 Å². The number of amides is 1. The van der Waals surface area contributed by atoms with Gasteiger partial charge in [-0.2, -0.15) is 11.8 Å². The van der Waals surface area contributed by atoms with Crippen LogP contribution in [0.3, 0.4) is 0 Å². The number of carbonyl (C=O) groups excluding carboxylic acids is 1. The minimum Gasteiger partial charge on any atom is -0.360 e. The zero-order valence-corrected chi connectivity index (χ0v) is 15.2. The van der Waals surface area contributed by atoms with E-state index in [0.29, 0.717) is 17.5 Å². The quantitative estimate of drug-likeness (QED) is 0.731. The van der Waals surface area contributed by atoms with Crippen LogP contribution >= 0.6 is 11.8 Å². The maximum atomic E-state index is 12.6. The van der Waals surface area contributed by atoms with Gasteiger partial charge in [0.25, 0.3) is 5.91 Å². The van der Waals surface area contributed by atoms with Gasteiger partial charge in [-0.1, -0.05) is 5.16 Å². The normalized spacial score (nSPS) is 27.5. The maximum absolute atomic E-state index is 12.6. The van der Waals surface area contributed by atoms with E-state index in [1.165, 1.54) is 25.0 Å². The number of rotatable bonds is 8. The summed E-state index contributed by atoms with van der Waals surface area (Å²) in [5.74, 6) is 3.94. The number of hydrogen-bond donors (Lipinski definition) is 1. The van der Waals surface area contributed by atoms with Crippen LogP contribution in [-0.4, -0.2) is 53.6 Å². The molecule has 0 spiro atoms. The molecule has 2 heterocycles. The summed E-state index contributed by atoms with van der Waals surface area (Å²) in [5, 5.41) is 7.23. The Hall–Kier alpha value is -1.01. The summed E-state index contributed by atoms with van der Waals surface area (Å²) in [5.41, 5.74) is 0.451. The summed E-state index contributed by atoms with van der Waals surface area (Å²) in [6.45, 7) is 3.26. The summed E-state index contributed by atoms with van der Waals surface area (Å²) in [7, 11) is 0. The summed E-state index contributed by atoms with van der Waals surface area (Å²) in [6.07, 6.45) is 8.36. The van der Waals surface area contributed by atoms with Gasteiger partial charge in [0.2, 0.25) is 0 Å². The Bertz CT molecular complexity index is 583. The van der Waals surface area contributed by atoms with Gasteiger partial charge in [-0.25, -0.2) is 0 Å². The molecular formula is C18H27N3O2S. The molecule has 3 aliphatic rings. The van der Waals surface area contributed by atoms with Crippen molar-refractivity contribution in [2.24, 2.45) is 11.8 Å². The Labute approximate surface area is 147 Å². The zero-order valence-electron chi connectivity index (χ0n) is 14.4. The summed E-state index contributed by atoms with van der Waals surface area (Å²) < 4.78 is 5.32. The lowest BCUT2D eigenvalue weighted by molar-refractivity contribution is 0.0918. The van der Waals surface area contributed by atoms with Crippen molar-refractivity contribution in [3.05, 3.63) is 17.5 Å². The van der Waals surface area contributed by atoms with E-state index in [1.54, 1.807) is 0 Å². The Balaban J connectivity index is 1.35. The second-order valence-electron chi connectivity index (χ2n) is 7.58. The first-order chi connectivity index (χ1) is 11.7. The van der Waals surface area contributed by atoms with Crippen LogP contribution < -0.4 is 5.32 Å². The van der Waals surface area contributed by atoms with Gasteiger partial charge in [0.15, 0.2) is 5.69 Å². The average molecular weight is 350 g/mol. The molecule has 2 atom stereocenters. The minimum absolute atomic E-state index is 0.0627. The second-order valence-corrected chi connectivity index (χ2v) is 8.56. The van der Waals surface area contributed by atoms with E-state index in [2.05, 4.69) is 21.6 Å². The van der Waals surface area contributed by atoms with Gasteiger partial charge in [-0.15, -0.1) is 0 Å². The first kappa shape index (κ1) is 16.5. The highest BCUT2D eigenvalue weighted by Crippen LogP contribution is 2.42. The summed E-state index contributed by atoms with van der Waals surface area (Å²) in [4.78, 5) is 15.1. The first-order valence-corrected chi connectivity index (χ1v) is 10.6. The van der Waals surface area contributed by atoms with E-state index in [0.717, 1.165) is 44.2 Å². The van der Waals surface area contributed by atoms with Gasteiger partial charge in [0, 0.05) is 31.1 Å². The number of nitrogens with one attached hydrogen (secondary N) is 1. The lowest BCUT2D eigenvalue weighted by atomic mass is 9.98. The lowest BCUT2D eigenvalue weighted by Crippen LogP contribution is -2.41. The van der Waals surface area contributed by atoms with E-state index in [4.69, 9.17) is 4.52 Å². The molecular weight excluding hydrogens is 322 g/mol. The largest absolute Gasteiger partial charge is 0.360 e. The minimum atomic E-state index is -0.0627. The number of nitrogens with zero attached hydrogens (tertiary/aromatic N) is 2. The number of thioether (sulfide) groups is 1. The van der Waals surface area contributed by atoms with Crippen molar-refractivity contribution in [1.82, 2.24) is 15.4 Å². The number of hydrogen-bond acceptors (Lipinski definition) is 5. The van der Waals surface area contributed by atoms with Crippen molar-refractivity contribution in [3.8, 4) is 0 Å². The molecule has 3 fully saturated rings. The van der Waals surface area contributed by atoms with Gasteiger partial charge < -0.3 is 14.7 Å². The fourth-order valence-electron chi connectivity index (χ4n) is 3.88. The molecule has 1 aromatic heterocycles. The highest BCUT2D eigenvalue weighted by Gasteiger charge is 2.43. The van der Waals surface area contributed by atoms with Crippen molar-refractivity contribution in [2.45, 2.75) is 44.1 Å².